The Balaban J connectivity index is 2.38. The Labute approximate surface area is 125 Å². The van der Waals surface area contributed by atoms with E-state index in [1.807, 2.05) is 49.4 Å². The molecule has 0 bridgehead atoms. The Morgan fingerprint density at radius 2 is 1.57 bits per heavy atom. The topological polar surface area (TPSA) is 65.4 Å². The minimum Gasteiger partial charge on any atom is -0.394 e. The number of aromatic nitrogens is 1. The highest BCUT2D eigenvalue weighted by atomic mass is 16.3. The molecule has 0 aliphatic carbocycles. The first kappa shape index (κ1) is 15.6. The molecule has 21 heavy (non-hydrogen) atoms. The number of hydrogen-bond donors (Lipinski definition) is 3. The predicted octanol–water partition coefficient (Wildman–Crippen LogP) is 1.89. The van der Waals surface area contributed by atoms with E-state index in [9.17, 15) is 10.2 Å². The minimum absolute atomic E-state index is 0.103. The van der Waals surface area contributed by atoms with E-state index >= 15 is 0 Å². The van der Waals surface area contributed by atoms with Gasteiger partial charge in [-0.1, -0.05) is 37.3 Å². The molecular formula is C17H22N2O2. The van der Waals surface area contributed by atoms with E-state index in [0.717, 1.165) is 11.1 Å². The summed E-state index contributed by atoms with van der Waals surface area (Å²) in [5.74, 6) is 0. The van der Waals surface area contributed by atoms with Crippen molar-refractivity contribution in [2.24, 2.45) is 0 Å². The second kappa shape index (κ2) is 7.31. The van der Waals surface area contributed by atoms with Crippen LogP contribution in [0.2, 0.25) is 0 Å². The molecule has 4 nitrogen and oxygen atoms in total. The Bertz CT molecular complexity index is 479. The number of nitrogens with one attached hydrogen (secondary N) is 1. The Hall–Kier alpha value is -1.75. The predicted molar refractivity (Wildman–Crippen MR) is 82.9 cm³/mol. The molecule has 0 radical (unpaired) electrons. The fourth-order valence-corrected chi connectivity index (χ4v) is 2.33. The van der Waals surface area contributed by atoms with Crippen LogP contribution in [0.3, 0.4) is 0 Å². The smallest absolute Gasteiger partial charge is 0.0652 e. The first-order valence-corrected chi connectivity index (χ1v) is 7.19. The van der Waals surface area contributed by atoms with Crippen LogP contribution < -0.4 is 5.32 Å². The average Bonchev–Trinajstić information content (AvgIpc) is 2.58. The van der Waals surface area contributed by atoms with Crippen LogP contribution in [0.25, 0.3) is 0 Å². The second-order valence-corrected chi connectivity index (χ2v) is 5.22. The van der Waals surface area contributed by atoms with Crippen molar-refractivity contribution in [2.45, 2.75) is 24.9 Å². The molecule has 112 valence electrons. The lowest BCUT2D eigenvalue weighted by Gasteiger charge is -2.35. The van der Waals surface area contributed by atoms with Gasteiger partial charge in [0.1, 0.15) is 0 Å². The van der Waals surface area contributed by atoms with Crippen molar-refractivity contribution in [3.05, 3.63) is 66.0 Å². The van der Waals surface area contributed by atoms with Gasteiger partial charge in [0.25, 0.3) is 0 Å². The largest absolute Gasteiger partial charge is 0.394 e. The van der Waals surface area contributed by atoms with Crippen LogP contribution in [-0.2, 0) is 0 Å². The maximum atomic E-state index is 9.68. The monoisotopic (exact) mass is 286 g/mol. The molecule has 2 rings (SSSR count). The van der Waals surface area contributed by atoms with Crippen molar-refractivity contribution in [3.8, 4) is 0 Å². The summed E-state index contributed by atoms with van der Waals surface area (Å²) in [7, 11) is 0. The normalized spacial score (nSPS) is 13.1. The summed E-state index contributed by atoms with van der Waals surface area (Å²) in [6, 6.07) is 13.8. The van der Waals surface area contributed by atoms with Crippen LogP contribution in [0, 0.1) is 0 Å². The van der Waals surface area contributed by atoms with Crippen molar-refractivity contribution < 1.29 is 10.2 Å². The van der Waals surface area contributed by atoms with Crippen molar-refractivity contribution >= 4 is 0 Å². The van der Waals surface area contributed by atoms with E-state index < -0.39 is 5.54 Å². The second-order valence-electron chi connectivity index (χ2n) is 5.22. The maximum Gasteiger partial charge on any atom is 0.0652 e. The van der Waals surface area contributed by atoms with Crippen LogP contribution in [0.4, 0.5) is 0 Å². The number of nitrogens with zero attached hydrogens (tertiary/aromatic N) is 1. The number of pyridine rings is 1. The maximum absolute atomic E-state index is 9.68. The lowest BCUT2D eigenvalue weighted by atomic mass is 9.92. The van der Waals surface area contributed by atoms with Crippen molar-refractivity contribution in [1.29, 1.82) is 0 Å². The Morgan fingerprint density at radius 3 is 2.10 bits per heavy atom. The molecule has 1 heterocycles. The summed E-state index contributed by atoms with van der Waals surface area (Å²) in [5.41, 5.74) is 1.43. The Morgan fingerprint density at radius 1 is 1.00 bits per heavy atom. The van der Waals surface area contributed by atoms with E-state index in [2.05, 4.69) is 10.3 Å². The lowest BCUT2D eigenvalue weighted by molar-refractivity contribution is 0.0813. The van der Waals surface area contributed by atoms with E-state index in [4.69, 9.17) is 0 Å². The minimum atomic E-state index is -0.705. The molecule has 0 saturated carbocycles. The molecule has 1 aromatic carbocycles. The standard InChI is InChI=1S/C17H22N2O2/c1-2-17(12-20,13-21)19-16(14-6-4-3-5-7-14)15-8-10-18-11-9-15/h3-11,16,19-21H,2,12-13H2,1H3. The highest BCUT2D eigenvalue weighted by molar-refractivity contribution is 5.31. The molecule has 0 spiro atoms. The fourth-order valence-electron chi connectivity index (χ4n) is 2.33. The third kappa shape index (κ3) is 3.67. The molecule has 4 heteroatoms. The van der Waals surface area contributed by atoms with E-state index in [0.29, 0.717) is 6.42 Å². The van der Waals surface area contributed by atoms with Crippen molar-refractivity contribution in [1.82, 2.24) is 10.3 Å². The highest BCUT2D eigenvalue weighted by Gasteiger charge is 2.30. The highest BCUT2D eigenvalue weighted by Crippen LogP contribution is 2.25. The van der Waals surface area contributed by atoms with Gasteiger partial charge >= 0.3 is 0 Å². The van der Waals surface area contributed by atoms with Gasteiger partial charge in [-0.15, -0.1) is 0 Å². The van der Waals surface area contributed by atoms with Gasteiger partial charge in [-0.25, -0.2) is 0 Å². The molecule has 0 amide bonds. The van der Waals surface area contributed by atoms with Crippen LogP contribution in [0.5, 0.6) is 0 Å². The summed E-state index contributed by atoms with van der Waals surface area (Å²) in [5, 5.41) is 22.8. The summed E-state index contributed by atoms with van der Waals surface area (Å²) in [4.78, 5) is 4.05. The van der Waals surface area contributed by atoms with Gasteiger partial charge in [-0.3, -0.25) is 10.3 Å². The number of hydrogen-bond acceptors (Lipinski definition) is 4. The van der Waals surface area contributed by atoms with Gasteiger partial charge in [0.15, 0.2) is 0 Å². The third-order valence-electron chi connectivity index (χ3n) is 3.90. The average molecular weight is 286 g/mol. The zero-order valence-electron chi connectivity index (χ0n) is 12.2. The van der Waals surface area contributed by atoms with Gasteiger partial charge in [0.05, 0.1) is 24.8 Å². The fraction of sp³-hybridized carbons (Fsp3) is 0.353. The number of aliphatic hydroxyl groups is 2. The van der Waals surface area contributed by atoms with E-state index in [1.165, 1.54) is 0 Å². The van der Waals surface area contributed by atoms with Crippen LogP contribution in [-0.4, -0.2) is 33.9 Å². The SMILES string of the molecule is CCC(CO)(CO)NC(c1ccccc1)c1ccncc1. The van der Waals surface area contributed by atoms with Gasteiger partial charge in [0.2, 0.25) is 0 Å². The number of benzene rings is 1. The van der Waals surface area contributed by atoms with Crippen molar-refractivity contribution in [2.75, 3.05) is 13.2 Å². The molecule has 1 aromatic heterocycles. The molecule has 2 aromatic rings. The zero-order chi connectivity index (χ0) is 15.1. The van der Waals surface area contributed by atoms with Gasteiger partial charge < -0.3 is 10.2 Å². The first-order chi connectivity index (χ1) is 10.2. The first-order valence-electron chi connectivity index (χ1n) is 7.19. The molecule has 1 atom stereocenters. The molecule has 1 unspecified atom stereocenters. The summed E-state index contributed by atoms with van der Waals surface area (Å²) in [6.07, 6.45) is 4.13. The van der Waals surface area contributed by atoms with E-state index in [-0.39, 0.29) is 19.3 Å². The zero-order valence-corrected chi connectivity index (χ0v) is 12.2. The van der Waals surface area contributed by atoms with Crippen LogP contribution >= 0.6 is 0 Å². The van der Waals surface area contributed by atoms with Gasteiger partial charge in [-0.2, -0.15) is 0 Å². The molecule has 0 aliphatic rings. The van der Waals surface area contributed by atoms with Crippen molar-refractivity contribution in [3.63, 3.8) is 0 Å². The number of aliphatic hydroxyl groups excluding tert-OH is 2. The molecule has 0 aliphatic heterocycles. The summed E-state index contributed by atoms with van der Waals surface area (Å²) in [6.45, 7) is 1.72. The van der Waals surface area contributed by atoms with Crippen LogP contribution in [0.15, 0.2) is 54.9 Å². The van der Waals surface area contributed by atoms with Gasteiger partial charge in [0, 0.05) is 12.4 Å². The quantitative estimate of drug-likeness (QED) is 0.727. The molecule has 3 N–H and O–H groups in total. The Kier molecular flexibility index (Phi) is 5.44. The summed E-state index contributed by atoms with van der Waals surface area (Å²) < 4.78 is 0. The van der Waals surface area contributed by atoms with E-state index in [1.54, 1.807) is 12.4 Å². The summed E-state index contributed by atoms with van der Waals surface area (Å²) >= 11 is 0. The van der Waals surface area contributed by atoms with Crippen LogP contribution in [0.1, 0.15) is 30.5 Å². The van der Waals surface area contributed by atoms with Gasteiger partial charge in [-0.05, 0) is 29.7 Å². The lowest BCUT2D eigenvalue weighted by Crippen LogP contribution is -2.52. The number of rotatable bonds is 7. The molecule has 0 saturated heterocycles. The molecule has 0 fully saturated rings. The molecular weight excluding hydrogens is 264 g/mol. The third-order valence-corrected chi connectivity index (χ3v) is 3.90.